The first-order chi connectivity index (χ1) is 4.72. The van der Waals surface area contributed by atoms with Gasteiger partial charge in [-0.3, -0.25) is 4.99 Å². The first-order valence-corrected chi connectivity index (χ1v) is 3.34. The van der Waals surface area contributed by atoms with Gasteiger partial charge < -0.3 is 16.2 Å². The van der Waals surface area contributed by atoms with Gasteiger partial charge in [-0.25, -0.2) is 0 Å². The zero-order valence-electron chi connectivity index (χ0n) is 6.08. The Kier molecular flexibility index (Phi) is 2.11. The summed E-state index contributed by atoms with van der Waals surface area (Å²) in [5.74, 6) is 0.180. The topological polar surface area (TPSA) is 73.6 Å². The van der Waals surface area contributed by atoms with E-state index in [1.165, 1.54) is 0 Å². The average molecular weight is 143 g/mol. The first kappa shape index (κ1) is 7.34. The van der Waals surface area contributed by atoms with Crippen molar-refractivity contribution in [3.8, 4) is 0 Å². The van der Waals surface area contributed by atoms with Crippen molar-refractivity contribution in [2.24, 2.45) is 16.5 Å². The molecule has 0 unspecified atom stereocenters. The van der Waals surface area contributed by atoms with Crippen LogP contribution in [0.5, 0.6) is 0 Å². The van der Waals surface area contributed by atoms with E-state index in [0.717, 1.165) is 12.8 Å². The van der Waals surface area contributed by atoms with Crippen LogP contribution in [0.4, 0.5) is 0 Å². The third-order valence-electron chi connectivity index (χ3n) is 1.73. The number of nitrogens with zero attached hydrogens (tertiary/aromatic N) is 1. The lowest BCUT2D eigenvalue weighted by Crippen LogP contribution is -2.36. The maximum absolute atomic E-state index is 5.18. The van der Waals surface area contributed by atoms with E-state index in [2.05, 4.69) is 4.99 Å². The molecule has 4 N–H and O–H groups in total. The maximum Gasteiger partial charge on any atom is 0.186 e. The molecule has 1 aliphatic carbocycles. The van der Waals surface area contributed by atoms with Crippen LogP contribution in [0.2, 0.25) is 0 Å². The Morgan fingerprint density at radius 1 is 1.50 bits per heavy atom. The number of hydrogen-bond acceptors (Lipinski definition) is 2. The molecule has 0 amide bonds. The van der Waals surface area contributed by atoms with Crippen LogP contribution < -0.4 is 11.5 Å². The van der Waals surface area contributed by atoms with Crippen molar-refractivity contribution >= 4 is 5.96 Å². The smallest absolute Gasteiger partial charge is 0.186 e. The van der Waals surface area contributed by atoms with Crippen molar-refractivity contribution in [3.63, 3.8) is 0 Å². The van der Waals surface area contributed by atoms with Crippen molar-refractivity contribution in [1.82, 2.24) is 0 Å². The minimum Gasteiger partial charge on any atom is -0.381 e. The molecule has 0 saturated heterocycles. The quantitative estimate of drug-likeness (QED) is 0.402. The third kappa shape index (κ3) is 1.60. The van der Waals surface area contributed by atoms with Crippen LogP contribution in [0, 0.1) is 0 Å². The molecule has 0 spiro atoms. The van der Waals surface area contributed by atoms with Gasteiger partial charge in [-0.1, -0.05) is 0 Å². The highest BCUT2D eigenvalue weighted by Gasteiger charge is 2.28. The van der Waals surface area contributed by atoms with Crippen LogP contribution >= 0.6 is 0 Å². The normalized spacial score (nSPS) is 30.9. The fraction of sp³-hybridized carbons (Fsp3) is 0.833. The molecule has 4 nitrogen and oxygen atoms in total. The Balaban J connectivity index is 2.20. The molecule has 0 radical (unpaired) electrons. The summed E-state index contributed by atoms with van der Waals surface area (Å²) in [6.45, 7) is 0. The molecule has 0 aromatic heterocycles. The molecule has 0 aromatic rings. The zero-order chi connectivity index (χ0) is 7.56. The highest BCUT2D eigenvalue weighted by atomic mass is 16.5. The lowest BCUT2D eigenvalue weighted by molar-refractivity contribution is 0.0284. The van der Waals surface area contributed by atoms with Crippen LogP contribution in [0.15, 0.2) is 4.99 Å². The van der Waals surface area contributed by atoms with Crippen LogP contribution in [-0.4, -0.2) is 25.2 Å². The Hall–Kier alpha value is -0.770. The minimum atomic E-state index is 0.180. The monoisotopic (exact) mass is 143 g/mol. The minimum absolute atomic E-state index is 0.180. The Morgan fingerprint density at radius 3 is 2.50 bits per heavy atom. The summed E-state index contributed by atoms with van der Waals surface area (Å²) >= 11 is 0. The van der Waals surface area contributed by atoms with Crippen LogP contribution in [-0.2, 0) is 4.74 Å². The lowest BCUT2D eigenvalue weighted by atomic mass is 9.90. The van der Waals surface area contributed by atoms with E-state index < -0.39 is 0 Å². The molecule has 1 saturated carbocycles. The summed E-state index contributed by atoms with van der Waals surface area (Å²) in [7, 11) is 1.70. The average Bonchev–Trinajstić information content (AvgIpc) is 1.76. The van der Waals surface area contributed by atoms with E-state index in [1.54, 1.807) is 7.11 Å². The predicted octanol–water partition coefficient (Wildman–Crippen LogP) is -0.563. The predicted molar refractivity (Wildman–Crippen MR) is 39.6 cm³/mol. The highest BCUT2D eigenvalue weighted by Crippen LogP contribution is 2.25. The van der Waals surface area contributed by atoms with Gasteiger partial charge in [0.25, 0.3) is 0 Å². The Bertz CT molecular complexity index is 136. The maximum atomic E-state index is 5.18. The fourth-order valence-corrected chi connectivity index (χ4v) is 1.05. The van der Waals surface area contributed by atoms with E-state index in [1.807, 2.05) is 0 Å². The van der Waals surface area contributed by atoms with Gasteiger partial charge in [0.15, 0.2) is 5.96 Å². The largest absolute Gasteiger partial charge is 0.381 e. The van der Waals surface area contributed by atoms with Gasteiger partial charge in [0.2, 0.25) is 0 Å². The van der Waals surface area contributed by atoms with E-state index >= 15 is 0 Å². The van der Waals surface area contributed by atoms with Gasteiger partial charge in [-0.2, -0.15) is 0 Å². The van der Waals surface area contributed by atoms with Crippen molar-refractivity contribution in [2.75, 3.05) is 7.11 Å². The van der Waals surface area contributed by atoms with E-state index in [9.17, 15) is 0 Å². The standard InChI is InChI=1S/C6H13N3O/c1-10-5-2-4(3-5)9-6(7)8/h4-5H,2-3H2,1H3,(H4,7,8,9). The molecule has 0 atom stereocenters. The molecule has 1 aliphatic rings. The number of nitrogens with two attached hydrogens (primary N) is 2. The number of rotatable bonds is 2. The zero-order valence-corrected chi connectivity index (χ0v) is 6.08. The highest BCUT2D eigenvalue weighted by molar-refractivity contribution is 5.75. The van der Waals surface area contributed by atoms with E-state index in [4.69, 9.17) is 16.2 Å². The second kappa shape index (κ2) is 2.88. The molecule has 1 rings (SSSR count). The summed E-state index contributed by atoms with van der Waals surface area (Å²) in [5, 5.41) is 0. The van der Waals surface area contributed by atoms with E-state index in [-0.39, 0.29) is 5.96 Å². The van der Waals surface area contributed by atoms with Gasteiger partial charge in [0.05, 0.1) is 12.1 Å². The number of methoxy groups -OCH3 is 1. The number of hydrogen-bond donors (Lipinski definition) is 2. The molecule has 0 aliphatic heterocycles. The number of ether oxygens (including phenoxy) is 1. The molecular weight excluding hydrogens is 130 g/mol. The molecule has 0 heterocycles. The van der Waals surface area contributed by atoms with Crippen molar-refractivity contribution < 1.29 is 4.74 Å². The molecule has 1 fully saturated rings. The van der Waals surface area contributed by atoms with Gasteiger partial charge >= 0.3 is 0 Å². The second-order valence-corrected chi connectivity index (χ2v) is 2.54. The molecule has 0 bridgehead atoms. The Labute approximate surface area is 60.2 Å². The van der Waals surface area contributed by atoms with Gasteiger partial charge in [0.1, 0.15) is 0 Å². The molecule has 10 heavy (non-hydrogen) atoms. The molecular formula is C6H13N3O. The van der Waals surface area contributed by atoms with Crippen LogP contribution in [0.3, 0.4) is 0 Å². The number of guanidine groups is 1. The number of aliphatic imine (C=N–C) groups is 1. The molecule has 58 valence electrons. The van der Waals surface area contributed by atoms with Gasteiger partial charge in [0, 0.05) is 7.11 Å². The summed E-state index contributed by atoms with van der Waals surface area (Å²) in [5.41, 5.74) is 10.4. The lowest BCUT2D eigenvalue weighted by Gasteiger charge is -2.30. The summed E-state index contributed by atoms with van der Waals surface area (Å²) in [6.07, 6.45) is 2.27. The van der Waals surface area contributed by atoms with Crippen molar-refractivity contribution in [2.45, 2.75) is 25.0 Å². The summed E-state index contributed by atoms with van der Waals surface area (Å²) < 4.78 is 5.05. The SMILES string of the molecule is COC1CC(N=C(N)N)C1. The third-order valence-corrected chi connectivity index (χ3v) is 1.73. The van der Waals surface area contributed by atoms with Crippen LogP contribution in [0.25, 0.3) is 0 Å². The van der Waals surface area contributed by atoms with Gasteiger partial charge in [-0.15, -0.1) is 0 Å². The first-order valence-electron chi connectivity index (χ1n) is 3.34. The second-order valence-electron chi connectivity index (χ2n) is 2.54. The van der Waals surface area contributed by atoms with Crippen molar-refractivity contribution in [1.29, 1.82) is 0 Å². The fourth-order valence-electron chi connectivity index (χ4n) is 1.05. The van der Waals surface area contributed by atoms with E-state index in [0.29, 0.717) is 12.1 Å². The Morgan fingerprint density at radius 2 is 2.10 bits per heavy atom. The molecule has 4 heteroatoms. The summed E-state index contributed by atoms with van der Waals surface area (Å²) in [6, 6.07) is 0.301. The van der Waals surface area contributed by atoms with Crippen LogP contribution in [0.1, 0.15) is 12.8 Å². The van der Waals surface area contributed by atoms with Crippen molar-refractivity contribution in [3.05, 3.63) is 0 Å². The molecule has 0 aromatic carbocycles. The summed E-state index contributed by atoms with van der Waals surface area (Å²) in [4.78, 5) is 3.97. The van der Waals surface area contributed by atoms with Gasteiger partial charge in [-0.05, 0) is 12.8 Å².